The Bertz CT molecular complexity index is 1240. The predicted octanol–water partition coefficient (Wildman–Crippen LogP) is 3.54. The van der Waals surface area contributed by atoms with Gasteiger partial charge in [-0.2, -0.15) is 4.80 Å². The molecule has 1 aromatic heterocycles. The molecule has 10 nitrogen and oxygen atoms in total. The average Bonchev–Trinajstić information content (AvgIpc) is 3.59. The van der Waals surface area contributed by atoms with E-state index >= 15 is 0 Å². The first kappa shape index (κ1) is 26.1. The number of hydrogen-bond acceptors (Lipinski definition) is 7. The molecule has 1 heterocycles. The SMILES string of the molecule is CC[C@@H](C(=O)NC1CCCC1)N(C(=O)Cn1nnc(-c2ccc(OC)c(OC)c2)n1)c1ccccc1C. The second-order valence-corrected chi connectivity index (χ2v) is 9.18. The Balaban J connectivity index is 1.58. The number of rotatable bonds is 10. The number of nitrogens with zero attached hydrogens (tertiary/aromatic N) is 5. The average molecular weight is 507 g/mol. The van der Waals surface area contributed by atoms with Crippen molar-refractivity contribution in [1.29, 1.82) is 0 Å². The summed E-state index contributed by atoms with van der Waals surface area (Å²) in [6.45, 7) is 3.68. The number of tetrazole rings is 1. The first-order chi connectivity index (χ1) is 17.9. The smallest absolute Gasteiger partial charge is 0.251 e. The quantitative estimate of drug-likeness (QED) is 0.448. The molecule has 2 aromatic carbocycles. The van der Waals surface area contributed by atoms with Gasteiger partial charge in [0, 0.05) is 17.3 Å². The fourth-order valence-corrected chi connectivity index (χ4v) is 4.76. The van der Waals surface area contributed by atoms with Gasteiger partial charge in [0.15, 0.2) is 11.5 Å². The van der Waals surface area contributed by atoms with Crippen LogP contribution < -0.4 is 19.7 Å². The van der Waals surface area contributed by atoms with Crippen molar-refractivity contribution >= 4 is 17.5 Å². The van der Waals surface area contributed by atoms with Crippen LogP contribution in [0.25, 0.3) is 11.4 Å². The Labute approximate surface area is 216 Å². The van der Waals surface area contributed by atoms with Gasteiger partial charge < -0.3 is 14.8 Å². The summed E-state index contributed by atoms with van der Waals surface area (Å²) < 4.78 is 10.7. The summed E-state index contributed by atoms with van der Waals surface area (Å²) in [5, 5.41) is 15.8. The monoisotopic (exact) mass is 506 g/mol. The van der Waals surface area contributed by atoms with Gasteiger partial charge in [0.05, 0.1) is 14.2 Å². The van der Waals surface area contributed by atoms with Gasteiger partial charge in [-0.3, -0.25) is 14.5 Å². The van der Waals surface area contributed by atoms with E-state index < -0.39 is 6.04 Å². The van der Waals surface area contributed by atoms with Crippen LogP contribution in [0.4, 0.5) is 5.69 Å². The van der Waals surface area contributed by atoms with E-state index in [1.165, 1.54) is 4.80 Å². The standard InChI is InChI=1S/C27H34N6O4/c1-5-21(27(35)28-20-11-7-8-12-20)33(22-13-9-6-10-18(22)2)25(34)17-32-30-26(29-31-32)19-14-15-23(36-3)24(16-19)37-4/h6,9-10,13-16,20-21H,5,7-8,11-12,17H2,1-4H3,(H,28,35)/t21-/m0/s1. The lowest BCUT2D eigenvalue weighted by Crippen LogP contribution is -2.52. The molecule has 1 aliphatic rings. The highest BCUT2D eigenvalue weighted by Crippen LogP contribution is 2.31. The van der Waals surface area contributed by atoms with Crippen molar-refractivity contribution in [2.45, 2.75) is 64.6 Å². The molecule has 1 saturated carbocycles. The molecular weight excluding hydrogens is 472 g/mol. The molecule has 1 aliphatic carbocycles. The summed E-state index contributed by atoms with van der Waals surface area (Å²) in [5.74, 6) is 1.05. The van der Waals surface area contributed by atoms with E-state index in [-0.39, 0.29) is 24.4 Å². The van der Waals surface area contributed by atoms with Gasteiger partial charge >= 0.3 is 0 Å². The molecule has 3 aromatic rings. The molecular formula is C27H34N6O4. The summed E-state index contributed by atoms with van der Waals surface area (Å²) in [7, 11) is 3.12. The third kappa shape index (κ3) is 5.90. The van der Waals surface area contributed by atoms with Gasteiger partial charge in [-0.15, -0.1) is 10.2 Å². The van der Waals surface area contributed by atoms with E-state index in [0.29, 0.717) is 35.0 Å². The Morgan fingerprint density at radius 3 is 2.51 bits per heavy atom. The van der Waals surface area contributed by atoms with E-state index in [0.717, 1.165) is 31.2 Å². The normalized spacial score (nSPS) is 14.3. The summed E-state index contributed by atoms with van der Waals surface area (Å²) in [4.78, 5) is 29.9. The van der Waals surface area contributed by atoms with Crippen LogP contribution in [-0.2, 0) is 16.1 Å². The number of aryl methyl sites for hydroxylation is 1. The molecule has 4 rings (SSSR count). The topological polar surface area (TPSA) is 111 Å². The molecule has 0 saturated heterocycles. The second-order valence-electron chi connectivity index (χ2n) is 9.18. The van der Waals surface area contributed by atoms with Crippen LogP contribution >= 0.6 is 0 Å². The number of amides is 2. The molecule has 0 unspecified atom stereocenters. The molecule has 10 heteroatoms. The lowest BCUT2D eigenvalue weighted by atomic mass is 10.1. The molecule has 0 aliphatic heterocycles. The molecule has 2 amide bonds. The largest absolute Gasteiger partial charge is 0.493 e. The zero-order valence-corrected chi connectivity index (χ0v) is 21.8. The van der Waals surface area contributed by atoms with Crippen molar-refractivity contribution < 1.29 is 19.1 Å². The van der Waals surface area contributed by atoms with Crippen LogP contribution in [0.5, 0.6) is 11.5 Å². The third-order valence-corrected chi connectivity index (χ3v) is 6.72. The van der Waals surface area contributed by atoms with E-state index in [1.54, 1.807) is 37.3 Å². The van der Waals surface area contributed by atoms with Crippen LogP contribution in [0, 0.1) is 6.92 Å². The summed E-state index contributed by atoms with van der Waals surface area (Å²) in [6.07, 6.45) is 4.65. The lowest BCUT2D eigenvalue weighted by molar-refractivity contribution is -0.127. The van der Waals surface area contributed by atoms with Crippen molar-refractivity contribution in [3.63, 3.8) is 0 Å². The Kier molecular flexibility index (Phi) is 8.37. The fourth-order valence-electron chi connectivity index (χ4n) is 4.76. The number of benzene rings is 2. The highest BCUT2D eigenvalue weighted by atomic mass is 16.5. The summed E-state index contributed by atoms with van der Waals surface area (Å²) in [6, 6.07) is 12.4. The number of aromatic nitrogens is 4. The lowest BCUT2D eigenvalue weighted by Gasteiger charge is -2.32. The first-order valence-corrected chi connectivity index (χ1v) is 12.6. The van der Waals surface area contributed by atoms with E-state index in [1.807, 2.05) is 38.1 Å². The maximum absolute atomic E-state index is 13.7. The number of nitrogens with one attached hydrogen (secondary N) is 1. The summed E-state index contributed by atoms with van der Waals surface area (Å²) in [5.41, 5.74) is 2.27. The molecule has 0 spiro atoms. The molecule has 37 heavy (non-hydrogen) atoms. The molecule has 0 bridgehead atoms. The number of hydrogen-bond donors (Lipinski definition) is 1. The van der Waals surface area contributed by atoms with E-state index in [9.17, 15) is 9.59 Å². The third-order valence-electron chi connectivity index (χ3n) is 6.72. The van der Waals surface area contributed by atoms with E-state index in [4.69, 9.17) is 9.47 Å². The molecule has 196 valence electrons. The second kappa shape index (κ2) is 11.9. The molecule has 1 N–H and O–H groups in total. The van der Waals surface area contributed by atoms with Crippen LogP contribution in [-0.4, -0.2) is 58.3 Å². The highest BCUT2D eigenvalue weighted by molar-refractivity contribution is 6.01. The number of carbonyl (C=O) groups excluding carboxylic acids is 2. The Morgan fingerprint density at radius 1 is 1.11 bits per heavy atom. The van der Waals surface area contributed by atoms with Gasteiger partial charge in [0.1, 0.15) is 12.6 Å². The zero-order valence-electron chi connectivity index (χ0n) is 21.8. The molecule has 1 atom stereocenters. The molecule has 0 radical (unpaired) electrons. The number of methoxy groups -OCH3 is 2. The number of ether oxygens (including phenoxy) is 2. The maximum atomic E-state index is 13.7. The highest BCUT2D eigenvalue weighted by Gasteiger charge is 2.32. The van der Waals surface area contributed by atoms with Crippen LogP contribution in [0.2, 0.25) is 0 Å². The van der Waals surface area contributed by atoms with Crippen molar-refractivity contribution in [3.05, 3.63) is 48.0 Å². The number of carbonyl (C=O) groups is 2. The van der Waals surface area contributed by atoms with E-state index in [2.05, 4.69) is 20.7 Å². The maximum Gasteiger partial charge on any atom is 0.251 e. The minimum atomic E-state index is -0.650. The zero-order chi connectivity index (χ0) is 26.4. The van der Waals surface area contributed by atoms with Crippen LogP contribution in [0.3, 0.4) is 0 Å². The Morgan fingerprint density at radius 2 is 1.84 bits per heavy atom. The van der Waals surface area contributed by atoms with Crippen molar-refractivity contribution in [1.82, 2.24) is 25.5 Å². The van der Waals surface area contributed by atoms with Crippen molar-refractivity contribution in [3.8, 4) is 22.9 Å². The van der Waals surface area contributed by atoms with Gasteiger partial charge in [-0.1, -0.05) is 38.0 Å². The van der Waals surface area contributed by atoms with Gasteiger partial charge in [0.25, 0.3) is 5.91 Å². The van der Waals surface area contributed by atoms with Crippen LogP contribution in [0.15, 0.2) is 42.5 Å². The van der Waals surface area contributed by atoms with Gasteiger partial charge in [-0.25, -0.2) is 0 Å². The van der Waals surface area contributed by atoms with Gasteiger partial charge in [-0.05, 0) is 61.2 Å². The first-order valence-electron chi connectivity index (χ1n) is 12.6. The van der Waals surface area contributed by atoms with Crippen molar-refractivity contribution in [2.24, 2.45) is 0 Å². The molecule has 1 fully saturated rings. The summed E-state index contributed by atoms with van der Waals surface area (Å²) >= 11 is 0. The fraction of sp³-hybridized carbons (Fsp3) is 0.444. The van der Waals surface area contributed by atoms with Crippen LogP contribution in [0.1, 0.15) is 44.6 Å². The Hall–Kier alpha value is -3.95. The number of para-hydroxylation sites is 1. The minimum absolute atomic E-state index is 0.136. The predicted molar refractivity (Wildman–Crippen MR) is 139 cm³/mol. The number of anilines is 1. The van der Waals surface area contributed by atoms with Gasteiger partial charge in [0.2, 0.25) is 11.7 Å². The van der Waals surface area contributed by atoms with Crippen molar-refractivity contribution in [2.75, 3.05) is 19.1 Å². The minimum Gasteiger partial charge on any atom is -0.493 e.